The van der Waals surface area contributed by atoms with Gasteiger partial charge < -0.3 is 5.32 Å². The van der Waals surface area contributed by atoms with Gasteiger partial charge in [0.1, 0.15) is 0 Å². The molecule has 1 heterocycles. The average molecular weight is 324 g/mol. The summed E-state index contributed by atoms with van der Waals surface area (Å²) in [5.74, 6) is 0. The summed E-state index contributed by atoms with van der Waals surface area (Å²) < 4.78 is 1.12. The fourth-order valence-corrected chi connectivity index (χ4v) is 3.19. The third-order valence-electron chi connectivity index (χ3n) is 2.95. The average Bonchev–Trinajstić information content (AvgIpc) is 2.82. The number of nitrogens with one attached hydrogen (secondary N) is 1. The van der Waals surface area contributed by atoms with Crippen molar-refractivity contribution in [1.29, 1.82) is 0 Å². The van der Waals surface area contributed by atoms with Crippen molar-refractivity contribution in [1.82, 2.24) is 0 Å². The highest BCUT2D eigenvalue weighted by Gasteiger charge is 2.10. The van der Waals surface area contributed by atoms with Crippen LogP contribution in [0.15, 0.2) is 34.8 Å². The van der Waals surface area contributed by atoms with Gasteiger partial charge in [-0.3, -0.25) is 0 Å². The molecule has 0 aliphatic carbocycles. The van der Waals surface area contributed by atoms with Crippen LogP contribution in [-0.2, 0) is 6.42 Å². The Labute approximate surface area is 121 Å². The number of thiophene rings is 1. The summed E-state index contributed by atoms with van der Waals surface area (Å²) in [7, 11) is 0. The van der Waals surface area contributed by atoms with Gasteiger partial charge in [0.05, 0.1) is 6.04 Å². The molecule has 0 amide bonds. The number of hydrogen-bond acceptors (Lipinski definition) is 2. The molecule has 2 aromatic rings. The Morgan fingerprint density at radius 2 is 2.06 bits per heavy atom. The molecule has 1 atom stereocenters. The lowest BCUT2D eigenvalue weighted by atomic mass is 10.2. The van der Waals surface area contributed by atoms with Gasteiger partial charge in [0.25, 0.3) is 0 Å². The van der Waals surface area contributed by atoms with Gasteiger partial charge in [-0.15, -0.1) is 11.3 Å². The first-order valence-corrected chi connectivity index (χ1v) is 7.82. The van der Waals surface area contributed by atoms with Crippen LogP contribution in [0.4, 0.5) is 5.69 Å². The molecule has 0 fully saturated rings. The molecule has 0 aliphatic heterocycles. The molecule has 2 rings (SSSR count). The first kappa shape index (κ1) is 13.6. The van der Waals surface area contributed by atoms with Crippen LogP contribution < -0.4 is 5.32 Å². The molecule has 0 radical (unpaired) electrons. The fraction of sp³-hybridized carbons (Fsp3) is 0.333. The largest absolute Gasteiger partial charge is 0.377 e. The van der Waals surface area contributed by atoms with Crippen molar-refractivity contribution in [3.8, 4) is 0 Å². The summed E-state index contributed by atoms with van der Waals surface area (Å²) >= 11 is 5.48. The van der Waals surface area contributed by atoms with E-state index >= 15 is 0 Å². The highest BCUT2D eigenvalue weighted by atomic mass is 79.9. The summed E-state index contributed by atoms with van der Waals surface area (Å²) in [6.45, 7) is 6.52. The molecule has 1 nitrogen and oxygen atoms in total. The molecule has 1 unspecified atom stereocenters. The Hall–Kier alpha value is -0.800. The van der Waals surface area contributed by atoms with E-state index in [4.69, 9.17) is 0 Å². The molecule has 1 aromatic heterocycles. The SMILES string of the molecule is CCc1ccc(C(C)Nc2cc(C)ccc2Br)s1. The summed E-state index contributed by atoms with van der Waals surface area (Å²) in [6.07, 6.45) is 1.12. The van der Waals surface area contributed by atoms with E-state index in [1.165, 1.54) is 15.3 Å². The van der Waals surface area contributed by atoms with Crippen molar-refractivity contribution in [3.05, 3.63) is 50.1 Å². The highest BCUT2D eigenvalue weighted by molar-refractivity contribution is 9.10. The molecule has 3 heteroatoms. The molecule has 0 spiro atoms. The van der Waals surface area contributed by atoms with E-state index in [0.717, 1.165) is 16.6 Å². The molecule has 0 saturated carbocycles. The Kier molecular flexibility index (Phi) is 4.46. The summed E-state index contributed by atoms with van der Waals surface area (Å²) in [6, 6.07) is 11.2. The summed E-state index contributed by atoms with van der Waals surface area (Å²) in [5, 5.41) is 3.57. The minimum absolute atomic E-state index is 0.341. The van der Waals surface area contributed by atoms with Crippen LogP contribution in [0, 0.1) is 6.92 Å². The van der Waals surface area contributed by atoms with Gasteiger partial charge in [0.2, 0.25) is 0 Å². The van der Waals surface area contributed by atoms with E-state index in [1.54, 1.807) is 0 Å². The zero-order valence-electron chi connectivity index (χ0n) is 11.0. The fourth-order valence-electron chi connectivity index (χ4n) is 1.87. The van der Waals surface area contributed by atoms with Crippen molar-refractivity contribution in [2.45, 2.75) is 33.2 Å². The van der Waals surface area contributed by atoms with E-state index in [1.807, 2.05) is 11.3 Å². The molecule has 1 N–H and O–H groups in total. The highest BCUT2D eigenvalue weighted by Crippen LogP contribution is 2.30. The van der Waals surface area contributed by atoms with Crippen LogP contribution in [0.3, 0.4) is 0 Å². The molecule has 96 valence electrons. The number of hydrogen-bond donors (Lipinski definition) is 1. The quantitative estimate of drug-likeness (QED) is 0.777. The van der Waals surface area contributed by atoms with E-state index in [9.17, 15) is 0 Å². The van der Waals surface area contributed by atoms with Crippen molar-refractivity contribution >= 4 is 33.0 Å². The maximum absolute atomic E-state index is 3.59. The van der Waals surface area contributed by atoms with Crippen molar-refractivity contribution in [2.75, 3.05) is 5.32 Å². The Morgan fingerprint density at radius 3 is 2.72 bits per heavy atom. The van der Waals surface area contributed by atoms with E-state index in [0.29, 0.717) is 6.04 Å². The number of rotatable bonds is 4. The normalized spacial score (nSPS) is 12.4. The maximum atomic E-state index is 3.59. The molecule has 0 saturated heterocycles. The van der Waals surface area contributed by atoms with Gasteiger partial charge >= 0.3 is 0 Å². The topological polar surface area (TPSA) is 12.0 Å². The van der Waals surface area contributed by atoms with Crippen LogP contribution in [0.2, 0.25) is 0 Å². The lowest BCUT2D eigenvalue weighted by molar-refractivity contribution is 0.906. The monoisotopic (exact) mass is 323 g/mol. The zero-order valence-corrected chi connectivity index (χ0v) is 13.4. The van der Waals surface area contributed by atoms with Gasteiger partial charge in [-0.2, -0.15) is 0 Å². The van der Waals surface area contributed by atoms with Crippen molar-refractivity contribution in [2.24, 2.45) is 0 Å². The first-order chi connectivity index (χ1) is 8.60. The lowest BCUT2D eigenvalue weighted by Crippen LogP contribution is -2.05. The molecular formula is C15H18BrNS. The van der Waals surface area contributed by atoms with Gasteiger partial charge in [0, 0.05) is 19.9 Å². The maximum Gasteiger partial charge on any atom is 0.0578 e. The van der Waals surface area contributed by atoms with E-state index in [-0.39, 0.29) is 0 Å². The van der Waals surface area contributed by atoms with Crippen LogP contribution in [0.5, 0.6) is 0 Å². The van der Waals surface area contributed by atoms with Gasteiger partial charge in [-0.25, -0.2) is 0 Å². The first-order valence-electron chi connectivity index (χ1n) is 6.21. The predicted octanol–water partition coefficient (Wildman–Crippen LogP) is 5.55. The van der Waals surface area contributed by atoms with Gasteiger partial charge in [-0.1, -0.05) is 13.0 Å². The van der Waals surface area contributed by atoms with Gasteiger partial charge in [0.15, 0.2) is 0 Å². The molecule has 1 aromatic carbocycles. The van der Waals surface area contributed by atoms with Crippen LogP contribution in [0.1, 0.15) is 35.2 Å². The Balaban J connectivity index is 2.15. The molecule has 0 aliphatic rings. The second-order valence-corrected chi connectivity index (χ2v) is 6.56. The lowest BCUT2D eigenvalue weighted by Gasteiger charge is -2.15. The summed E-state index contributed by atoms with van der Waals surface area (Å²) in [4.78, 5) is 2.84. The van der Waals surface area contributed by atoms with Crippen LogP contribution >= 0.6 is 27.3 Å². The van der Waals surface area contributed by atoms with Crippen LogP contribution in [0.25, 0.3) is 0 Å². The third kappa shape index (κ3) is 3.15. The molecule has 18 heavy (non-hydrogen) atoms. The van der Waals surface area contributed by atoms with E-state index < -0.39 is 0 Å². The van der Waals surface area contributed by atoms with Crippen molar-refractivity contribution in [3.63, 3.8) is 0 Å². The predicted molar refractivity (Wildman–Crippen MR) is 84.6 cm³/mol. The Bertz CT molecular complexity index is 533. The minimum Gasteiger partial charge on any atom is -0.377 e. The standard InChI is InChI=1S/C15H18BrNS/c1-4-12-6-8-15(18-12)11(3)17-14-9-10(2)5-7-13(14)16/h5-9,11,17H,4H2,1-3H3. The zero-order chi connectivity index (χ0) is 13.1. The summed E-state index contributed by atoms with van der Waals surface area (Å²) in [5.41, 5.74) is 2.43. The Morgan fingerprint density at radius 1 is 1.28 bits per heavy atom. The number of halogens is 1. The minimum atomic E-state index is 0.341. The number of aryl methyl sites for hydroxylation is 2. The molecule has 0 bridgehead atoms. The smallest absolute Gasteiger partial charge is 0.0578 e. The third-order valence-corrected chi connectivity index (χ3v) is 5.06. The second-order valence-electron chi connectivity index (χ2n) is 4.51. The number of anilines is 1. The second kappa shape index (κ2) is 5.89. The van der Waals surface area contributed by atoms with Gasteiger partial charge in [-0.05, 0) is 66.0 Å². The van der Waals surface area contributed by atoms with E-state index in [2.05, 4.69) is 72.3 Å². The van der Waals surface area contributed by atoms with Crippen LogP contribution in [-0.4, -0.2) is 0 Å². The molecular weight excluding hydrogens is 306 g/mol. The van der Waals surface area contributed by atoms with Crippen molar-refractivity contribution < 1.29 is 0 Å². The number of benzene rings is 1.